The number of rotatable bonds is 3. The molecular weight excluding hydrogens is 314 g/mol. The lowest BCUT2D eigenvalue weighted by Gasteiger charge is -2.32. The number of benzene rings is 1. The molecule has 1 aliphatic heterocycles. The third-order valence-corrected chi connectivity index (χ3v) is 4.50. The highest BCUT2D eigenvalue weighted by molar-refractivity contribution is 7.88. The molecule has 21 heavy (non-hydrogen) atoms. The van der Waals surface area contributed by atoms with E-state index in [1.165, 1.54) is 0 Å². The lowest BCUT2D eigenvalue weighted by Crippen LogP contribution is -2.46. The van der Waals surface area contributed by atoms with Gasteiger partial charge in [0.1, 0.15) is 0 Å². The summed E-state index contributed by atoms with van der Waals surface area (Å²) in [6.07, 6.45) is 2.34. The Morgan fingerprint density at radius 1 is 1.38 bits per heavy atom. The molecular formula is C13H18ClN3O3S. The van der Waals surface area contributed by atoms with Gasteiger partial charge in [0.2, 0.25) is 10.0 Å². The second kappa shape index (κ2) is 6.21. The Hall–Kier alpha value is -1.31. The Morgan fingerprint density at radius 3 is 2.52 bits per heavy atom. The molecule has 0 spiro atoms. The fourth-order valence-electron chi connectivity index (χ4n) is 2.35. The zero-order chi connectivity index (χ0) is 15.6. The molecule has 0 atom stereocenters. The van der Waals surface area contributed by atoms with E-state index in [0.717, 1.165) is 6.26 Å². The first-order chi connectivity index (χ1) is 9.76. The number of halogens is 1. The number of piperidine rings is 1. The minimum absolute atomic E-state index is 0.112. The zero-order valence-corrected chi connectivity index (χ0v) is 13.2. The molecule has 8 heteroatoms. The van der Waals surface area contributed by atoms with Crippen LogP contribution in [-0.2, 0) is 10.0 Å². The van der Waals surface area contributed by atoms with Crippen molar-refractivity contribution >= 4 is 33.2 Å². The molecule has 1 aromatic rings. The molecule has 1 aliphatic rings. The number of hydrogen-bond acceptors (Lipinski definition) is 4. The van der Waals surface area contributed by atoms with E-state index in [1.807, 2.05) is 0 Å². The molecule has 0 bridgehead atoms. The Morgan fingerprint density at radius 2 is 2.00 bits per heavy atom. The highest BCUT2D eigenvalue weighted by Crippen LogP contribution is 2.22. The molecule has 1 aromatic carbocycles. The van der Waals surface area contributed by atoms with Gasteiger partial charge in [0.05, 0.1) is 17.0 Å². The topological polar surface area (TPSA) is 92.5 Å². The fraction of sp³-hybridized carbons (Fsp3) is 0.462. The zero-order valence-electron chi connectivity index (χ0n) is 11.7. The van der Waals surface area contributed by atoms with E-state index in [4.69, 9.17) is 17.3 Å². The number of nitrogens with two attached hydrogens (primary N) is 1. The summed E-state index contributed by atoms with van der Waals surface area (Å²) < 4.78 is 24.9. The molecule has 0 saturated carbocycles. The van der Waals surface area contributed by atoms with Crippen LogP contribution in [0.5, 0.6) is 0 Å². The number of hydrogen-bond donors (Lipinski definition) is 2. The van der Waals surface area contributed by atoms with Crippen LogP contribution >= 0.6 is 11.6 Å². The van der Waals surface area contributed by atoms with Crippen molar-refractivity contribution in [2.75, 3.05) is 25.1 Å². The molecule has 0 unspecified atom stereocenters. The normalized spacial score (nSPS) is 17.0. The standard InChI is InChI=1S/C13H18ClN3O3S/c1-21(19,20)16-10-4-6-17(7-5-10)13(18)9-2-3-12(15)11(14)8-9/h2-3,8,10,16H,4-7,15H2,1H3. The first-order valence-corrected chi connectivity index (χ1v) is 8.85. The Kier molecular flexibility index (Phi) is 4.75. The van der Waals surface area contributed by atoms with E-state index >= 15 is 0 Å². The highest BCUT2D eigenvalue weighted by atomic mass is 35.5. The van der Waals surface area contributed by atoms with E-state index < -0.39 is 10.0 Å². The van der Waals surface area contributed by atoms with Gasteiger partial charge >= 0.3 is 0 Å². The smallest absolute Gasteiger partial charge is 0.253 e. The van der Waals surface area contributed by atoms with Gasteiger partial charge in [0, 0.05) is 24.7 Å². The number of sulfonamides is 1. The minimum atomic E-state index is -3.21. The number of anilines is 1. The van der Waals surface area contributed by atoms with Crippen molar-refractivity contribution in [3.8, 4) is 0 Å². The van der Waals surface area contributed by atoms with Crippen molar-refractivity contribution in [3.63, 3.8) is 0 Å². The maximum atomic E-state index is 12.3. The largest absolute Gasteiger partial charge is 0.398 e. The average molecular weight is 332 g/mol. The minimum Gasteiger partial charge on any atom is -0.398 e. The summed E-state index contributed by atoms with van der Waals surface area (Å²) in [5.41, 5.74) is 6.55. The number of nitrogens with one attached hydrogen (secondary N) is 1. The van der Waals surface area contributed by atoms with E-state index in [2.05, 4.69) is 4.72 Å². The second-order valence-electron chi connectivity index (χ2n) is 5.19. The monoisotopic (exact) mass is 331 g/mol. The Balaban J connectivity index is 1.98. The van der Waals surface area contributed by atoms with Gasteiger partial charge in [-0.25, -0.2) is 13.1 Å². The molecule has 6 nitrogen and oxygen atoms in total. The van der Waals surface area contributed by atoms with E-state index in [-0.39, 0.29) is 11.9 Å². The van der Waals surface area contributed by atoms with Gasteiger partial charge in [0.15, 0.2) is 0 Å². The second-order valence-corrected chi connectivity index (χ2v) is 7.38. The van der Waals surface area contributed by atoms with Crippen molar-refractivity contribution in [1.82, 2.24) is 9.62 Å². The van der Waals surface area contributed by atoms with Crippen LogP contribution < -0.4 is 10.5 Å². The van der Waals surface area contributed by atoms with Gasteiger partial charge in [-0.1, -0.05) is 11.6 Å². The van der Waals surface area contributed by atoms with Gasteiger partial charge in [-0.3, -0.25) is 4.79 Å². The van der Waals surface area contributed by atoms with E-state index in [1.54, 1.807) is 23.1 Å². The molecule has 1 amide bonds. The predicted octanol–water partition coefficient (Wildman–Crippen LogP) is 1.08. The van der Waals surface area contributed by atoms with Crippen molar-refractivity contribution < 1.29 is 13.2 Å². The highest BCUT2D eigenvalue weighted by Gasteiger charge is 2.25. The van der Waals surface area contributed by atoms with Gasteiger partial charge in [-0.15, -0.1) is 0 Å². The van der Waals surface area contributed by atoms with Gasteiger partial charge in [-0.05, 0) is 31.0 Å². The first kappa shape index (κ1) is 16.1. The average Bonchev–Trinajstić information content (AvgIpc) is 2.40. The first-order valence-electron chi connectivity index (χ1n) is 6.58. The van der Waals surface area contributed by atoms with Crippen LogP contribution in [0.25, 0.3) is 0 Å². The Bertz CT molecular complexity index is 640. The Labute approximate surface area is 129 Å². The molecule has 0 aromatic heterocycles. The van der Waals surface area contributed by atoms with Crippen LogP contribution in [0.2, 0.25) is 5.02 Å². The summed E-state index contributed by atoms with van der Waals surface area (Å²) in [7, 11) is -3.21. The van der Waals surface area contributed by atoms with E-state index in [9.17, 15) is 13.2 Å². The maximum Gasteiger partial charge on any atom is 0.253 e. The third-order valence-electron chi connectivity index (χ3n) is 3.41. The summed E-state index contributed by atoms with van der Waals surface area (Å²) in [5.74, 6) is -0.116. The molecule has 1 heterocycles. The van der Waals surface area contributed by atoms with Gasteiger partial charge in [-0.2, -0.15) is 0 Å². The molecule has 1 fully saturated rings. The SMILES string of the molecule is CS(=O)(=O)NC1CCN(C(=O)c2ccc(N)c(Cl)c2)CC1. The quantitative estimate of drug-likeness (QED) is 0.810. The third kappa shape index (κ3) is 4.33. The van der Waals surface area contributed by atoms with Crippen LogP contribution in [0, 0.1) is 0 Å². The van der Waals surface area contributed by atoms with Gasteiger partial charge in [0.25, 0.3) is 5.91 Å². The van der Waals surface area contributed by atoms with Crippen LogP contribution in [-0.4, -0.2) is 44.6 Å². The maximum absolute atomic E-state index is 12.3. The lowest BCUT2D eigenvalue weighted by molar-refractivity contribution is 0.0711. The molecule has 1 saturated heterocycles. The summed E-state index contributed by atoms with van der Waals surface area (Å²) >= 11 is 5.92. The summed E-state index contributed by atoms with van der Waals surface area (Å²) in [6, 6.07) is 4.69. The molecule has 116 valence electrons. The van der Waals surface area contributed by atoms with Crippen LogP contribution in [0.15, 0.2) is 18.2 Å². The van der Waals surface area contributed by atoms with Crippen molar-refractivity contribution in [2.45, 2.75) is 18.9 Å². The number of likely N-dealkylation sites (tertiary alicyclic amines) is 1. The number of carbonyl (C=O) groups is 1. The van der Waals surface area contributed by atoms with Crippen LogP contribution in [0.1, 0.15) is 23.2 Å². The molecule has 0 aliphatic carbocycles. The predicted molar refractivity (Wildman–Crippen MR) is 82.8 cm³/mol. The number of amides is 1. The van der Waals surface area contributed by atoms with Crippen molar-refractivity contribution in [1.29, 1.82) is 0 Å². The summed E-state index contributed by atoms with van der Waals surface area (Å²) in [5, 5.41) is 0.356. The fourth-order valence-corrected chi connectivity index (χ4v) is 3.37. The molecule has 0 radical (unpaired) electrons. The van der Waals surface area contributed by atoms with Crippen molar-refractivity contribution in [3.05, 3.63) is 28.8 Å². The number of carbonyl (C=O) groups excluding carboxylic acids is 1. The van der Waals surface area contributed by atoms with Crippen LogP contribution in [0.4, 0.5) is 5.69 Å². The number of nitrogen functional groups attached to an aromatic ring is 1. The summed E-state index contributed by atoms with van der Waals surface area (Å²) in [4.78, 5) is 14.0. The molecule has 2 rings (SSSR count). The van der Waals surface area contributed by atoms with E-state index in [0.29, 0.717) is 42.2 Å². The van der Waals surface area contributed by atoms with Gasteiger partial charge < -0.3 is 10.6 Å². The van der Waals surface area contributed by atoms with Crippen molar-refractivity contribution in [2.24, 2.45) is 0 Å². The lowest BCUT2D eigenvalue weighted by atomic mass is 10.0. The molecule has 3 N–H and O–H groups in total. The summed E-state index contributed by atoms with van der Waals surface area (Å²) in [6.45, 7) is 1.02. The number of nitrogens with zero attached hydrogens (tertiary/aromatic N) is 1. The van der Waals surface area contributed by atoms with Crippen LogP contribution in [0.3, 0.4) is 0 Å².